The fourth-order valence-corrected chi connectivity index (χ4v) is 3.82. The van der Waals surface area contributed by atoms with E-state index in [1.165, 1.54) is 39.0 Å². The molecule has 0 saturated carbocycles. The number of hydrogen-bond donors (Lipinski definition) is 0. The van der Waals surface area contributed by atoms with E-state index in [1.54, 1.807) is 0 Å². The Morgan fingerprint density at radius 1 is 0.852 bits per heavy atom. The van der Waals surface area contributed by atoms with Gasteiger partial charge in [0.15, 0.2) is 11.9 Å². The van der Waals surface area contributed by atoms with Gasteiger partial charge in [-0.05, 0) is 31.0 Å². The molecule has 3 heteroatoms. The molecule has 0 aliphatic rings. The van der Waals surface area contributed by atoms with E-state index in [0.29, 0.717) is 0 Å². The van der Waals surface area contributed by atoms with E-state index in [2.05, 4.69) is 103 Å². The van der Waals surface area contributed by atoms with Crippen LogP contribution >= 0.6 is 0 Å². The molecule has 0 atom stereocenters. The molecule has 0 saturated heterocycles. The van der Waals surface area contributed by atoms with Crippen LogP contribution in [0, 0.1) is 13.8 Å². The summed E-state index contributed by atoms with van der Waals surface area (Å²) in [6, 6.07) is 23.9. The van der Waals surface area contributed by atoms with Gasteiger partial charge < -0.3 is 28.5 Å². The summed E-state index contributed by atoms with van der Waals surface area (Å²) >= 11 is 0. The van der Waals surface area contributed by atoms with Crippen molar-refractivity contribution >= 4 is 10.9 Å². The number of benzene rings is 2. The summed E-state index contributed by atoms with van der Waals surface area (Å²) in [5.74, 6) is 0. The first-order valence-electron chi connectivity index (χ1n) is 9.23. The Kier molecular flexibility index (Phi) is 6.00. The molecule has 0 radical (unpaired) electrons. The molecule has 0 N–H and O–H groups in total. The van der Waals surface area contributed by atoms with Gasteiger partial charge in [-0.3, -0.25) is 0 Å². The van der Waals surface area contributed by atoms with E-state index in [4.69, 9.17) is 0 Å². The SMILES string of the molecule is Cc1c(-c2ccccc2)c2ccccc2n1CCc1ccc(C)[n+](C)c1.[I-]. The maximum atomic E-state index is 2.47. The van der Waals surface area contributed by atoms with Crippen molar-refractivity contribution in [3.63, 3.8) is 0 Å². The number of rotatable bonds is 4. The van der Waals surface area contributed by atoms with Crippen LogP contribution in [0.1, 0.15) is 17.0 Å². The third-order valence-corrected chi connectivity index (χ3v) is 5.37. The van der Waals surface area contributed by atoms with Crippen molar-refractivity contribution in [2.24, 2.45) is 7.05 Å². The zero-order chi connectivity index (χ0) is 18.1. The van der Waals surface area contributed by atoms with Gasteiger partial charge in [0, 0.05) is 47.3 Å². The van der Waals surface area contributed by atoms with Gasteiger partial charge in [0.25, 0.3) is 0 Å². The highest BCUT2D eigenvalue weighted by atomic mass is 127. The zero-order valence-electron chi connectivity index (χ0n) is 16.1. The Labute approximate surface area is 178 Å². The molecule has 0 spiro atoms. The Bertz CT molecular complexity index is 1060. The Hall–Kier alpha value is -2.14. The highest BCUT2D eigenvalue weighted by Crippen LogP contribution is 2.34. The Morgan fingerprint density at radius 3 is 2.30 bits per heavy atom. The van der Waals surface area contributed by atoms with Gasteiger partial charge in [-0.1, -0.05) is 48.5 Å². The molecule has 2 aromatic heterocycles. The Balaban J connectivity index is 0.00000210. The second-order valence-electron chi connectivity index (χ2n) is 7.03. The number of fused-ring (bicyclic) bond motifs is 1. The fourth-order valence-electron chi connectivity index (χ4n) is 3.82. The van der Waals surface area contributed by atoms with E-state index in [9.17, 15) is 0 Å². The van der Waals surface area contributed by atoms with Gasteiger partial charge in [-0.2, -0.15) is 0 Å². The van der Waals surface area contributed by atoms with E-state index >= 15 is 0 Å². The molecule has 0 amide bonds. The summed E-state index contributed by atoms with van der Waals surface area (Å²) < 4.78 is 4.67. The normalized spacial score (nSPS) is 10.8. The summed E-state index contributed by atoms with van der Waals surface area (Å²) in [6.07, 6.45) is 3.27. The molecular formula is C24H25IN2. The lowest BCUT2D eigenvalue weighted by molar-refractivity contribution is -0.678. The number of pyridine rings is 1. The number of aromatic nitrogens is 2. The molecule has 0 aliphatic carbocycles. The molecule has 4 aromatic rings. The van der Waals surface area contributed by atoms with Crippen LogP contribution in [0.5, 0.6) is 0 Å². The van der Waals surface area contributed by atoms with Crippen molar-refractivity contribution in [1.82, 2.24) is 4.57 Å². The molecule has 138 valence electrons. The van der Waals surface area contributed by atoms with E-state index in [1.807, 2.05) is 0 Å². The van der Waals surface area contributed by atoms with Crippen LogP contribution in [0.4, 0.5) is 0 Å². The van der Waals surface area contributed by atoms with Crippen LogP contribution in [0.3, 0.4) is 0 Å². The Morgan fingerprint density at radius 2 is 1.56 bits per heavy atom. The summed E-state index contributed by atoms with van der Waals surface area (Å²) in [6.45, 7) is 5.37. The number of para-hydroxylation sites is 1. The lowest BCUT2D eigenvalue weighted by atomic mass is 10.0. The predicted molar refractivity (Wildman–Crippen MR) is 108 cm³/mol. The standard InChI is InChI=1S/C24H25N2.HI/c1-18-13-14-20(17-25(18)3)15-16-26-19(2)24(21-9-5-4-6-10-21)22-11-7-8-12-23(22)26;/h4-14,17H,15-16H2,1-3H3;1H/q+1;/p-1. The molecule has 0 aliphatic heterocycles. The average molecular weight is 468 g/mol. The smallest absolute Gasteiger partial charge is 0.177 e. The van der Waals surface area contributed by atoms with Crippen LogP contribution in [-0.2, 0) is 20.0 Å². The van der Waals surface area contributed by atoms with Crippen molar-refractivity contribution in [2.45, 2.75) is 26.8 Å². The van der Waals surface area contributed by atoms with Gasteiger partial charge >= 0.3 is 0 Å². The van der Waals surface area contributed by atoms with Gasteiger partial charge in [-0.15, -0.1) is 0 Å². The van der Waals surface area contributed by atoms with Crippen LogP contribution in [0.2, 0.25) is 0 Å². The maximum absolute atomic E-state index is 2.47. The lowest BCUT2D eigenvalue weighted by Gasteiger charge is -2.09. The van der Waals surface area contributed by atoms with E-state index in [0.717, 1.165) is 13.0 Å². The second-order valence-corrected chi connectivity index (χ2v) is 7.03. The first-order valence-corrected chi connectivity index (χ1v) is 9.23. The van der Waals surface area contributed by atoms with Gasteiger partial charge in [-0.25, -0.2) is 4.57 Å². The van der Waals surface area contributed by atoms with Crippen molar-refractivity contribution in [3.8, 4) is 11.1 Å². The largest absolute Gasteiger partial charge is 1.00 e. The predicted octanol–water partition coefficient (Wildman–Crippen LogP) is 2.00. The van der Waals surface area contributed by atoms with Crippen LogP contribution < -0.4 is 28.5 Å². The van der Waals surface area contributed by atoms with Crippen molar-refractivity contribution in [1.29, 1.82) is 0 Å². The number of hydrogen-bond acceptors (Lipinski definition) is 0. The molecule has 0 bridgehead atoms. The zero-order valence-corrected chi connectivity index (χ0v) is 18.3. The topological polar surface area (TPSA) is 8.81 Å². The van der Waals surface area contributed by atoms with Crippen molar-refractivity contribution < 1.29 is 28.5 Å². The third kappa shape index (κ3) is 3.79. The summed E-state index contributed by atoms with van der Waals surface area (Å²) in [7, 11) is 2.11. The van der Waals surface area contributed by atoms with E-state index < -0.39 is 0 Å². The molecule has 4 rings (SSSR count). The van der Waals surface area contributed by atoms with Crippen LogP contribution in [-0.4, -0.2) is 4.57 Å². The molecule has 2 aromatic carbocycles. The quantitative estimate of drug-likeness (QED) is 0.320. The first-order chi connectivity index (χ1) is 12.6. The maximum Gasteiger partial charge on any atom is 0.177 e. The highest BCUT2D eigenvalue weighted by molar-refractivity contribution is 5.98. The monoisotopic (exact) mass is 468 g/mol. The van der Waals surface area contributed by atoms with Crippen molar-refractivity contribution in [2.75, 3.05) is 0 Å². The second kappa shape index (κ2) is 8.26. The van der Waals surface area contributed by atoms with Gasteiger partial charge in [0.1, 0.15) is 7.05 Å². The van der Waals surface area contributed by atoms with E-state index in [-0.39, 0.29) is 24.0 Å². The van der Waals surface area contributed by atoms with Gasteiger partial charge in [0.05, 0.1) is 0 Å². The van der Waals surface area contributed by atoms with Crippen LogP contribution in [0.15, 0.2) is 72.9 Å². The average Bonchev–Trinajstić information content (AvgIpc) is 2.95. The highest BCUT2D eigenvalue weighted by Gasteiger charge is 2.15. The summed E-state index contributed by atoms with van der Waals surface area (Å²) in [5.41, 5.74) is 7.96. The molecule has 0 fully saturated rings. The minimum Gasteiger partial charge on any atom is -1.00 e. The molecule has 0 unspecified atom stereocenters. The van der Waals surface area contributed by atoms with Gasteiger partial charge in [0.2, 0.25) is 0 Å². The summed E-state index contributed by atoms with van der Waals surface area (Å²) in [5, 5.41) is 1.34. The van der Waals surface area contributed by atoms with Crippen molar-refractivity contribution in [3.05, 3.63) is 89.9 Å². The minimum absolute atomic E-state index is 0. The number of aryl methyl sites for hydroxylation is 4. The first kappa shape index (κ1) is 19.6. The third-order valence-electron chi connectivity index (χ3n) is 5.37. The summed E-state index contributed by atoms with van der Waals surface area (Å²) in [4.78, 5) is 0. The molecule has 2 nitrogen and oxygen atoms in total. The molecule has 27 heavy (non-hydrogen) atoms. The minimum atomic E-state index is 0. The lowest BCUT2D eigenvalue weighted by Crippen LogP contribution is -3.00. The molecule has 2 heterocycles. The fraction of sp³-hybridized carbons (Fsp3) is 0.208. The molecular weight excluding hydrogens is 443 g/mol. The number of halogens is 1. The number of nitrogens with zero attached hydrogens (tertiary/aromatic N) is 2. The van der Waals surface area contributed by atoms with Crippen LogP contribution in [0.25, 0.3) is 22.0 Å².